The number of furan rings is 1. The summed E-state index contributed by atoms with van der Waals surface area (Å²) in [5, 5.41) is 2.25. The van der Waals surface area contributed by atoms with Crippen LogP contribution in [0.2, 0.25) is 0 Å². The molecule has 3 aliphatic carbocycles. The van der Waals surface area contributed by atoms with Crippen molar-refractivity contribution in [3.05, 3.63) is 234 Å². The first-order valence-corrected chi connectivity index (χ1v) is 21.0. The van der Waals surface area contributed by atoms with Gasteiger partial charge in [-0.25, -0.2) is 0 Å². The molecule has 1 spiro atoms. The fourth-order valence-electron chi connectivity index (χ4n) is 11.4. The molecule has 10 aromatic rings. The normalized spacial score (nSPS) is 14.4. The third-order valence-electron chi connectivity index (χ3n) is 13.9. The topological polar surface area (TPSA) is 16.4 Å². The van der Waals surface area contributed by atoms with Gasteiger partial charge >= 0.3 is 0 Å². The average molecular weight is 766 g/mol. The van der Waals surface area contributed by atoms with E-state index in [1.807, 2.05) is 0 Å². The van der Waals surface area contributed by atoms with Crippen LogP contribution < -0.4 is 4.90 Å². The molecule has 0 saturated carbocycles. The van der Waals surface area contributed by atoms with Crippen LogP contribution in [0.15, 0.2) is 205 Å². The summed E-state index contributed by atoms with van der Waals surface area (Å²) in [6.45, 7) is 4.74. The van der Waals surface area contributed by atoms with Crippen LogP contribution in [0, 0.1) is 0 Å². The minimum atomic E-state index is -0.457. The molecule has 13 rings (SSSR count). The summed E-state index contributed by atoms with van der Waals surface area (Å²) in [6, 6.07) is 74.2. The molecule has 0 bridgehead atoms. The molecular weight excluding hydrogens is 727 g/mol. The van der Waals surface area contributed by atoms with E-state index in [9.17, 15) is 0 Å². The lowest BCUT2D eigenvalue weighted by Gasteiger charge is -2.33. The first-order chi connectivity index (χ1) is 29.5. The van der Waals surface area contributed by atoms with E-state index >= 15 is 0 Å². The summed E-state index contributed by atoms with van der Waals surface area (Å²) in [7, 11) is 0. The van der Waals surface area contributed by atoms with E-state index in [4.69, 9.17) is 4.42 Å². The van der Waals surface area contributed by atoms with E-state index in [0.717, 1.165) is 50.1 Å². The molecule has 2 nitrogen and oxygen atoms in total. The molecular formula is C58H39NO. The van der Waals surface area contributed by atoms with Gasteiger partial charge in [0.05, 0.1) is 16.8 Å². The molecule has 282 valence electrons. The third-order valence-corrected chi connectivity index (χ3v) is 13.9. The zero-order valence-corrected chi connectivity index (χ0v) is 33.4. The second-order valence-electron chi connectivity index (χ2n) is 17.1. The van der Waals surface area contributed by atoms with Crippen molar-refractivity contribution in [2.75, 3.05) is 4.90 Å². The fraction of sp³-hybridized carbons (Fsp3) is 0.0690. The molecule has 3 aliphatic rings. The number of para-hydroxylation sites is 3. The van der Waals surface area contributed by atoms with Crippen LogP contribution in [-0.4, -0.2) is 0 Å². The zero-order valence-electron chi connectivity index (χ0n) is 33.4. The number of rotatable bonds is 4. The lowest BCUT2D eigenvalue weighted by Crippen LogP contribution is -2.26. The van der Waals surface area contributed by atoms with E-state index in [0.29, 0.717) is 0 Å². The van der Waals surface area contributed by atoms with E-state index < -0.39 is 5.41 Å². The Kier molecular flexibility index (Phi) is 6.74. The Morgan fingerprint density at radius 3 is 1.62 bits per heavy atom. The second-order valence-corrected chi connectivity index (χ2v) is 17.1. The van der Waals surface area contributed by atoms with Gasteiger partial charge in [-0.05, 0) is 91.5 Å². The summed E-state index contributed by atoms with van der Waals surface area (Å²) in [5.41, 5.74) is 22.5. The van der Waals surface area contributed by atoms with Crippen LogP contribution in [0.4, 0.5) is 17.1 Å². The lowest BCUT2D eigenvalue weighted by molar-refractivity contribution is 0.660. The minimum Gasteiger partial charge on any atom is -0.455 e. The van der Waals surface area contributed by atoms with Gasteiger partial charge in [-0.15, -0.1) is 0 Å². The summed E-state index contributed by atoms with van der Waals surface area (Å²) in [6.07, 6.45) is 0. The van der Waals surface area contributed by atoms with Gasteiger partial charge in [-0.2, -0.15) is 0 Å². The van der Waals surface area contributed by atoms with E-state index in [2.05, 4.69) is 219 Å². The maximum Gasteiger partial charge on any atom is 0.143 e. The first-order valence-electron chi connectivity index (χ1n) is 21.0. The van der Waals surface area contributed by atoms with Crippen LogP contribution in [0.25, 0.3) is 66.4 Å². The van der Waals surface area contributed by atoms with Crippen molar-refractivity contribution in [1.82, 2.24) is 0 Å². The van der Waals surface area contributed by atoms with Crippen LogP contribution in [-0.2, 0) is 10.8 Å². The molecule has 0 aliphatic heterocycles. The number of nitrogens with zero attached hydrogens (tertiary/aromatic N) is 1. The molecule has 0 amide bonds. The van der Waals surface area contributed by atoms with Gasteiger partial charge in [-0.3, -0.25) is 0 Å². The maximum atomic E-state index is 6.74. The molecule has 0 unspecified atom stereocenters. The Morgan fingerprint density at radius 2 is 0.867 bits per heavy atom. The van der Waals surface area contributed by atoms with Gasteiger partial charge in [0.1, 0.15) is 11.2 Å². The third kappa shape index (κ3) is 4.22. The Hall–Kier alpha value is -7.42. The van der Waals surface area contributed by atoms with Crippen molar-refractivity contribution in [3.63, 3.8) is 0 Å². The predicted molar refractivity (Wildman–Crippen MR) is 248 cm³/mol. The maximum absolute atomic E-state index is 6.74. The first kappa shape index (κ1) is 33.5. The molecule has 0 radical (unpaired) electrons. The molecule has 60 heavy (non-hydrogen) atoms. The molecule has 0 saturated heterocycles. The van der Waals surface area contributed by atoms with Gasteiger partial charge in [-0.1, -0.05) is 184 Å². The number of anilines is 3. The van der Waals surface area contributed by atoms with Crippen molar-refractivity contribution in [3.8, 4) is 44.5 Å². The highest BCUT2D eigenvalue weighted by molar-refractivity contribution is 6.11. The van der Waals surface area contributed by atoms with Crippen molar-refractivity contribution < 1.29 is 4.42 Å². The monoisotopic (exact) mass is 765 g/mol. The molecule has 0 fully saturated rings. The summed E-state index contributed by atoms with van der Waals surface area (Å²) in [4.78, 5) is 2.54. The minimum absolute atomic E-state index is 0.167. The van der Waals surface area contributed by atoms with Crippen LogP contribution >= 0.6 is 0 Å². The van der Waals surface area contributed by atoms with Gasteiger partial charge in [0.25, 0.3) is 0 Å². The van der Waals surface area contributed by atoms with E-state index in [1.165, 1.54) is 66.8 Å². The molecule has 1 heterocycles. The highest BCUT2D eigenvalue weighted by Gasteiger charge is 2.52. The summed E-state index contributed by atoms with van der Waals surface area (Å²) in [5.74, 6) is 0. The van der Waals surface area contributed by atoms with Crippen molar-refractivity contribution in [2.45, 2.75) is 24.7 Å². The Bertz CT molecular complexity index is 3390. The van der Waals surface area contributed by atoms with E-state index in [-0.39, 0.29) is 5.41 Å². The molecule has 0 atom stereocenters. The van der Waals surface area contributed by atoms with Gasteiger partial charge < -0.3 is 9.32 Å². The van der Waals surface area contributed by atoms with Gasteiger partial charge in [0.2, 0.25) is 0 Å². The standard InChI is InChI=1S/C58H39NO/c1-57(2)46-25-9-3-17-37(46)40-34-33-36(35-51(40)57)59(52-30-13-7-20-41(52)43-23-15-24-44-42-21-8-14-32-54(42)60-56(43)44)53-31-16-29-50-55(53)45-22-6-12-28-49(45)58(50)47-26-10-4-18-38(47)39-19-5-11-27-48(39)58/h3-35H,1-2H3. The molecule has 9 aromatic carbocycles. The molecule has 0 N–H and O–H groups in total. The summed E-state index contributed by atoms with van der Waals surface area (Å²) < 4.78 is 6.74. The number of fused-ring (bicyclic) bond motifs is 16. The van der Waals surface area contributed by atoms with Crippen molar-refractivity contribution in [2.24, 2.45) is 0 Å². The van der Waals surface area contributed by atoms with Crippen LogP contribution in [0.1, 0.15) is 47.2 Å². The summed E-state index contributed by atoms with van der Waals surface area (Å²) >= 11 is 0. The van der Waals surface area contributed by atoms with Crippen molar-refractivity contribution in [1.29, 1.82) is 0 Å². The smallest absolute Gasteiger partial charge is 0.143 e. The Balaban J connectivity index is 1.13. The fourth-order valence-corrected chi connectivity index (χ4v) is 11.4. The van der Waals surface area contributed by atoms with Crippen LogP contribution in [0.5, 0.6) is 0 Å². The largest absolute Gasteiger partial charge is 0.455 e. The highest BCUT2D eigenvalue weighted by Crippen LogP contribution is 2.65. The van der Waals surface area contributed by atoms with Gasteiger partial charge in [0, 0.05) is 38.6 Å². The Morgan fingerprint density at radius 1 is 0.367 bits per heavy atom. The molecule has 1 aromatic heterocycles. The molecule has 2 heteroatoms. The quantitative estimate of drug-likeness (QED) is 0.177. The van der Waals surface area contributed by atoms with Gasteiger partial charge in [0.15, 0.2) is 0 Å². The zero-order chi connectivity index (χ0) is 39.7. The number of benzene rings is 9. The highest BCUT2D eigenvalue weighted by atomic mass is 16.3. The number of hydrogen-bond donors (Lipinski definition) is 0. The van der Waals surface area contributed by atoms with E-state index in [1.54, 1.807) is 0 Å². The SMILES string of the molecule is CC1(C)c2ccccc2-c2ccc(N(c3ccccc3-c3cccc4c3oc3ccccc34)c3cccc4c3-c3ccccc3C43c4ccccc4-c4ccccc43)cc21. The van der Waals surface area contributed by atoms with Crippen LogP contribution in [0.3, 0.4) is 0 Å². The Labute approximate surface area is 349 Å². The second kappa shape index (κ2) is 12.1. The predicted octanol–water partition coefficient (Wildman–Crippen LogP) is 15.4. The van der Waals surface area contributed by atoms with Crippen molar-refractivity contribution >= 4 is 39.0 Å². The average Bonchev–Trinajstić information content (AvgIpc) is 3.99. The lowest BCUT2D eigenvalue weighted by atomic mass is 9.70. The number of hydrogen-bond acceptors (Lipinski definition) is 2.